The van der Waals surface area contributed by atoms with Gasteiger partial charge in [0.15, 0.2) is 0 Å². The number of benzene rings is 1. The summed E-state index contributed by atoms with van der Waals surface area (Å²) >= 11 is 1.70. The summed E-state index contributed by atoms with van der Waals surface area (Å²) in [6.07, 6.45) is 4.21. The molecule has 3 heteroatoms. The molecule has 1 N–H and O–H groups in total. The molecule has 1 fully saturated rings. The van der Waals surface area contributed by atoms with E-state index in [9.17, 15) is 4.79 Å². The fourth-order valence-electron chi connectivity index (χ4n) is 2.89. The van der Waals surface area contributed by atoms with E-state index in [1.165, 1.54) is 4.88 Å². The van der Waals surface area contributed by atoms with E-state index in [4.69, 9.17) is 0 Å². The number of para-hydroxylation sites is 1. The van der Waals surface area contributed by atoms with Gasteiger partial charge in [-0.1, -0.05) is 37.1 Å². The van der Waals surface area contributed by atoms with Gasteiger partial charge in [0.1, 0.15) is 0 Å². The van der Waals surface area contributed by atoms with E-state index in [1.807, 2.05) is 36.4 Å². The number of amides is 1. The molecule has 0 radical (unpaired) electrons. The maximum absolute atomic E-state index is 12.7. The van der Waals surface area contributed by atoms with Gasteiger partial charge in [0, 0.05) is 10.6 Å². The average molecular weight is 271 g/mol. The lowest BCUT2D eigenvalue weighted by Gasteiger charge is -2.26. The quantitative estimate of drug-likeness (QED) is 0.890. The van der Waals surface area contributed by atoms with Crippen molar-refractivity contribution in [2.45, 2.75) is 31.1 Å². The molecule has 98 valence electrons. The Morgan fingerprint density at radius 2 is 1.79 bits per heavy atom. The fourth-order valence-corrected chi connectivity index (χ4v) is 3.87. The molecule has 0 atom stereocenters. The van der Waals surface area contributed by atoms with Crippen LogP contribution in [-0.2, 0) is 10.2 Å². The highest BCUT2D eigenvalue weighted by molar-refractivity contribution is 7.10. The molecular weight excluding hydrogens is 254 g/mol. The molecular formula is C16H17NOS. The maximum atomic E-state index is 12.7. The zero-order chi connectivity index (χ0) is 13.1. The highest BCUT2D eigenvalue weighted by Gasteiger charge is 2.43. The van der Waals surface area contributed by atoms with Crippen LogP contribution in [0.15, 0.2) is 47.8 Å². The van der Waals surface area contributed by atoms with Gasteiger partial charge in [-0.25, -0.2) is 0 Å². The second-order valence-corrected chi connectivity index (χ2v) is 6.03. The van der Waals surface area contributed by atoms with Gasteiger partial charge in [-0.2, -0.15) is 0 Å². The van der Waals surface area contributed by atoms with Crippen LogP contribution in [0.2, 0.25) is 0 Å². The van der Waals surface area contributed by atoms with Crippen molar-refractivity contribution >= 4 is 22.9 Å². The molecule has 0 bridgehead atoms. The number of rotatable bonds is 3. The molecule has 3 rings (SSSR count). The predicted molar refractivity (Wildman–Crippen MR) is 79.5 cm³/mol. The summed E-state index contributed by atoms with van der Waals surface area (Å²) in [5.41, 5.74) is 0.583. The zero-order valence-electron chi connectivity index (χ0n) is 10.8. The van der Waals surface area contributed by atoms with E-state index >= 15 is 0 Å². The van der Waals surface area contributed by atoms with Gasteiger partial charge in [-0.05, 0) is 36.4 Å². The highest BCUT2D eigenvalue weighted by atomic mass is 32.1. The predicted octanol–water partition coefficient (Wildman–Crippen LogP) is 4.20. The number of hydrogen-bond acceptors (Lipinski definition) is 2. The lowest BCUT2D eigenvalue weighted by molar-refractivity contribution is -0.121. The number of hydrogen-bond donors (Lipinski definition) is 1. The van der Waals surface area contributed by atoms with Crippen LogP contribution >= 0.6 is 11.3 Å². The van der Waals surface area contributed by atoms with Crippen molar-refractivity contribution in [3.63, 3.8) is 0 Å². The topological polar surface area (TPSA) is 29.1 Å². The van der Waals surface area contributed by atoms with Crippen molar-refractivity contribution in [2.24, 2.45) is 0 Å². The van der Waals surface area contributed by atoms with Gasteiger partial charge >= 0.3 is 0 Å². The highest BCUT2D eigenvalue weighted by Crippen LogP contribution is 2.43. The Hall–Kier alpha value is -1.61. The fraction of sp³-hybridized carbons (Fsp3) is 0.312. The molecule has 0 saturated heterocycles. The minimum absolute atomic E-state index is 0.152. The molecule has 0 spiro atoms. The molecule has 1 aliphatic carbocycles. The maximum Gasteiger partial charge on any atom is 0.235 e. The summed E-state index contributed by atoms with van der Waals surface area (Å²) in [7, 11) is 0. The van der Waals surface area contributed by atoms with Crippen LogP contribution in [0, 0.1) is 0 Å². The summed E-state index contributed by atoms with van der Waals surface area (Å²) in [6.45, 7) is 0. The molecule has 0 aliphatic heterocycles. The largest absolute Gasteiger partial charge is 0.325 e. The van der Waals surface area contributed by atoms with Crippen LogP contribution in [0.4, 0.5) is 5.69 Å². The number of thiophene rings is 1. The molecule has 2 aromatic rings. The Morgan fingerprint density at radius 1 is 1.05 bits per heavy atom. The third-order valence-electron chi connectivity index (χ3n) is 3.92. The van der Waals surface area contributed by atoms with E-state index in [1.54, 1.807) is 11.3 Å². The first-order valence-corrected chi connectivity index (χ1v) is 7.60. The minimum atomic E-state index is -0.302. The first-order valence-electron chi connectivity index (χ1n) is 6.72. The van der Waals surface area contributed by atoms with Gasteiger partial charge in [-0.3, -0.25) is 4.79 Å². The standard InChI is InChI=1S/C16H17NOS/c18-15(17-13-7-2-1-3-8-13)16(10-4-5-11-16)14-9-6-12-19-14/h1-3,6-9,12H,4-5,10-11H2,(H,17,18). The van der Waals surface area contributed by atoms with Crippen molar-refractivity contribution in [3.05, 3.63) is 52.7 Å². The van der Waals surface area contributed by atoms with Crippen LogP contribution in [0.25, 0.3) is 0 Å². The van der Waals surface area contributed by atoms with Crippen LogP contribution < -0.4 is 5.32 Å². The van der Waals surface area contributed by atoms with Gasteiger partial charge in [-0.15, -0.1) is 11.3 Å². The lowest BCUT2D eigenvalue weighted by atomic mass is 9.83. The molecule has 1 heterocycles. The number of nitrogens with one attached hydrogen (secondary N) is 1. The smallest absolute Gasteiger partial charge is 0.235 e. The SMILES string of the molecule is O=C(Nc1ccccc1)C1(c2cccs2)CCCC1. The van der Waals surface area contributed by atoms with Crippen molar-refractivity contribution in [2.75, 3.05) is 5.32 Å². The Balaban J connectivity index is 1.87. The monoisotopic (exact) mass is 271 g/mol. The van der Waals surface area contributed by atoms with Crippen LogP contribution in [0.5, 0.6) is 0 Å². The minimum Gasteiger partial charge on any atom is -0.325 e. The van der Waals surface area contributed by atoms with Crippen LogP contribution in [0.1, 0.15) is 30.6 Å². The Morgan fingerprint density at radius 3 is 2.42 bits per heavy atom. The first-order chi connectivity index (χ1) is 9.31. The molecule has 1 aromatic carbocycles. The van der Waals surface area contributed by atoms with Crippen molar-refractivity contribution in [1.82, 2.24) is 0 Å². The third kappa shape index (κ3) is 2.30. The Kier molecular flexibility index (Phi) is 3.38. The van der Waals surface area contributed by atoms with Crippen LogP contribution in [0.3, 0.4) is 0 Å². The summed E-state index contributed by atoms with van der Waals surface area (Å²) in [4.78, 5) is 13.9. The molecule has 1 aromatic heterocycles. The van der Waals surface area contributed by atoms with Crippen molar-refractivity contribution in [1.29, 1.82) is 0 Å². The van der Waals surface area contributed by atoms with Crippen LogP contribution in [-0.4, -0.2) is 5.91 Å². The molecule has 1 aliphatic rings. The molecule has 2 nitrogen and oxygen atoms in total. The summed E-state index contributed by atoms with van der Waals surface area (Å²) in [6, 6.07) is 13.9. The molecule has 1 amide bonds. The van der Waals surface area contributed by atoms with Crippen molar-refractivity contribution < 1.29 is 4.79 Å². The molecule has 0 unspecified atom stereocenters. The van der Waals surface area contributed by atoms with E-state index in [2.05, 4.69) is 16.8 Å². The van der Waals surface area contributed by atoms with Gasteiger partial charge < -0.3 is 5.32 Å². The number of anilines is 1. The molecule has 19 heavy (non-hydrogen) atoms. The van der Waals surface area contributed by atoms with Crippen molar-refractivity contribution in [3.8, 4) is 0 Å². The van der Waals surface area contributed by atoms with E-state index < -0.39 is 0 Å². The molecule has 1 saturated carbocycles. The number of carbonyl (C=O) groups is 1. The van der Waals surface area contributed by atoms with Gasteiger partial charge in [0.25, 0.3) is 0 Å². The Labute approximate surface area is 117 Å². The second kappa shape index (κ2) is 5.17. The third-order valence-corrected chi connectivity index (χ3v) is 4.99. The summed E-state index contributed by atoms with van der Waals surface area (Å²) in [5, 5.41) is 5.14. The van der Waals surface area contributed by atoms with E-state index in [0.29, 0.717) is 0 Å². The van der Waals surface area contributed by atoms with Gasteiger partial charge in [0.05, 0.1) is 5.41 Å². The van der Waals surface area contributed by atoms with E-state index in [0.717, 1.165) is 31.4 Å². The summed E-state index contributed by atoms with van der Waals surface area (Å²) in [5.74, 6) is 0.152. The van der Waals surface area contributed by atoms with E-state index in [-0.39, 0.29) is 11.3 Å². The summed E-state index contributed by atoms with van der Waals surface area (Å²) < 4.78 is 0. The number of carbonyl (C=O) groups excluding carboxylic acids is 1. The normalized spacial score (nSPS) is 17.3. The first kappa shape index (κ1) is 12.4. The second-order valence-electron chi connectivity index (χ2n) is 5.09. The van der Waals surface area contributed by atoms with Gasteiger partial charge in [0.2, 0.25) is 5.91 Å². The average Bonchev–Trinajstić information content (AvgIpc) is 3.12. The lowest BCUT2D eigenvalue weighted by Crippen LogP contribution is -2.37. The zero-order valence-corrected chi connectivity index (χ0v) is 11.6. The Bertz CT molecular complexity index is 541.